The molecule has 4 nitrogen and oxygen atoms in total. The largest absolute Gasteiger partial charge is 0.493 e. The van der Waals surface area contributed by atoms with Gasteiger partial charge in [-0.3, -0.25) is 0 Å². The SMILES string of the molecule is CC.CCc1cc(NCc2ccc(OC)c(OC)c2)nc(C(F)(F)F)c1. The van der Waals surface area contributed by atoms with Crippen LogP contribution in [0.25, 0.3) is 0 Å². The zero-order valence-corrected chi connectivity index (χ0v) is 15.7. The quantitative estimate of drug-likeness (QED) is 0.747. The number of hydrogen-bond acceptors (Lipinski definition) is 4. The molecule has 0 radical (unpaired) electrons. The van der Waals surface area contributed by atoms with Crippen LogP contribution < -0.4 is 14.8 Å². The number of nitrogens with one attached hydrogen (secondary N) is 1. The Bertz CT molecular complexity index is 704. The standard InChI is InChI=1S/C17H19F3N2O2.C2H6/c1-4-11-8-15(17(18,19)20)22-16(9-11)21-10-12-5-6-13(23-2)14(7-12)24-3;1-2/h5-9H,4,10H2,1-3H3,(H,21,22);1-2H3. The summed E-state index contributed by atoms with van der Waals surface area (Å²) in [4.78, 5) is 3.65. The lowest BCUT2D eigenvalue weighted by Crippen LogP contribution is -2.11. The van der Waals surface area contributed by atoms with Crippen molar-refractivity contribution < 1.29 is 22.6 Å². The van der Waals surface area contributed by atoms with Crippen molar-refractivity contribution >= 4 is 5.82 Å². The lowest BCUT2D eigenvalue weighted by molar-refractivity contribution is -0.141. The van der Waals surface area contributed by atoms with Crippen LogP contribution in [0, 0.1) is 0 Å². The number of alkyl halides is 3. The first-order valence-corrected chi connectivity index (χ1v) is 8.40. The van der Waals surface area contributed by atoms with Gasteiger partial charge in [-0.15, -0.1) is 0 Å². The van der Waals surface area contributed by atoms with Gasteiger partial charge in [-0.1, -0.05) is 26.8 Å². The predicted molar refractivity (Wildman–Crippen MR) is 96.8 cm³/mol. The summed E-state index contributed by atoms with van der Waals surface area (Å²) in [5, 5.41) is 2.93. The maximum absolute atomic E-state index is 12.9. The molecule has 1 N–H and O–H groups in total. The van der Waals surface area contributed by atoms with Gasteiger partial charge in [0, 0.05) is 6.54 Å². The predicted octanol–water partition coefficient (Wildman–Crippen LogP) is 5.32. The highest BCUT2D eigenvalue weighted by Crippen LogP contribution is 2.30. The van der Waals surface area contributed by atoms with Crippen LogP contribution >= 0.6 is 0 Å². The third-order valence-corrected chi connectivity index (χ3v) is 3.51. The van der Waals surface area contributed by atoms with Crippen LogP contribution in [0.5, 0.6) is 11.5 Å². The van der Waals surface area contributed by atoms with Crippen LogP contribution in [0.15, 0.2) is 30.3 Å². The van der Waals surface area contributed by atoms with Gasteiger partial charge >= 0.3 is 6.18 Å². The Labute approximate surface area is 152 Å². The Morgan fingerprint density at radius 1 is 0.962 bits per heavy atom. The van der Waals surface area contributed by atoms with Crippen molar-refractivity contribution in [2.75, 3.05) is 19.5 Å². The summed E-state index contributed by atoms with van der Waals surface area (Å²) in [5.74, 6) is 1.34. The van der Waals surface area contributed by atoms with Gasteiger partial charge in [-0.2, -0.15) is 13.2 Å². The minimum absolute atomic E-state index is 0.191. The first-order chi connectivity index (χ1) is 12.4. The summed E-state index contributed by atoms with van der Waals surface area (Å²) in [6, 6.07) is 8.01. The van der Waals surface area contributed by atoms with E-state index in [1.54, 1.807) is 25.1 Å². The normalized spacial score (nSPS) is 10.6. The zero-order chi connectivity index (χ0) is 19.7. The molecule has 1 heterocycles. The fraction of sp³-hybridized carbons (Fsp3) is 0.421. The topological polar surface area (TPSA) is 43.4 Å². The molecule has 144 valence electrons. The zero-order valence-electron chi connectivity index (χ0n) is 15.7. The molecule has 7 heteroatoms. The molecule has 2 aromatic rings. The molecule has 1 aromatic heterocycles. The van der Waals surface area contributed by atoms with Gasteiger partial charge in [0.05, 0.1) is 14.2 Å². The van der Waals surface area contributed by atoms with E-state index in [-0.39, 0.29) is 5.82 Å². The maximum atomic E-state index is 12.9. The summed E-state index contributed by atoms with van der Waals surface area (Å²) in [6.07, 6.45) is -3.97. The Balaban J connectivity index is 0.00000163. The molecule has 0 aliphatic carbocycles. The van der Waals surface area contributed by atoms with Crippen molar-refractivity contribution in [3.05, 3.63) is 47.2 Å². The van der Waals surface area contributed by atoms with E-state index < -0.39 is 11.9 Å². The van der Waals surface area contributed by atoms with Crippen LogP contribution in [-0.2, 0) is 19.1 Å². The highest BCUT2D eigenvalue weighted by atomic mass is 19.4. The first kappa shape index (κ1) is 21.6. The summed E-state index contributed by atoms with van der Waals surface area (Å²) >= 11 is 0. The van der Waals surface area contributed by atoms with Crippen molar-refractivity contribution in [3.8, 4) is 11.5 Å². The number of pyridine rings is 1. The summed E-state index contributed by atoms with van der Waals surface area (Å²) in [7, 11) is 3.06. The van der Waals surface area contributed by atoms with Gasteiger partial charge in [-0.25, -0.2) is 4.98 Å². The average molecular weight is 370 g/mol. The Kier molecular flexibility index (Phi) is 8.22. The van der Waals surface area contributed by atoms with Crippen LogP contribution in [0.4, 0.5) is 19.0 Å². The van der Waals surface area contributed by atoms with Gasteiger partial charge in [0.1, 0.15) is 11.5 Å². The lowest BCUT2D eigenvalue weighted by Gasteiger charge is -2.13. The summed E-state index contributed by atoms with van der Waals surface area (Å²) < 4.78 is 49.1. The minimum Gasteiger partial charge on any atom is -0.493 e. The third-order valence-electron chi connectivity index (χ3n) is 3.51. The molecule has 0 aliphatic heterocycles. The number of methoxy groups -OCH3 is 2. The van der Waals surface area contributed by atoms with Crippen molar-refractivity contribution in [1.29, 1.82) is 0 Å². The fourth-order valence-corrected chi connectivity index (χ4v) is 2.21. The monoisotopic (exact) mass is 370 g/mol. The number of benzene rings is 1. The first-order valence-electron chi connectivity index (χ1n) is 8.40. The van der Waals surface area contributed by atoms with E-state index in [1.807, 2.05) is 19.9 Å². The van der Waals surface area contributed by atoms with Crippen LogP contribution in [0.2, 0.25) is 0 Å². The smallest absolute Gasteiger partial charge is 0.433 e. The molecule has 2 rings (SSSR count). The number of aryl methyl sites for hydroxylation is 1. The van der Waals surface area contributed by atoms with E-state index in [4.69, 9.17) is 9.47 Å². The second-order valence-corrected chi connectivity index (χ2v) is 5.14. The second kappa shape index (κ2) is 9.89. The van der Waals surface area contributed by atoms with Crippen LogP contribution in [0.3, 0.4) is 0 Å². The van der Waals surface area contributed by atoms with Crippen LogP contribution in [-0.4, -0.2) is 19.2 Å². The Morgan fingerprint density at radius 2 is 1.62 bits per heavy atom. The second-order valence-electron chi connectivity index (χ2n) is 5.14. The van der Waals surface area contributed by atoms with E-state index >= 15 is 0 Å². The van der Waals surface area contributed by atoms with E-state index in [1.165, 1.54) is 14.2 Å². The average Bonchev–Trinajstić information content (AvgIpc) is 2.66. The Morgan fingerprint density at radius 3 is 2.15 bits per heavy atom. The highest BCUT2D eigenvalue weighted by Gasteiger charge is 2.33. The number of anilines is 1. The molecule has 0 saturated heterocycles. The van der Waals surface area contributed by atoms with E-state index in [2.05, 4.69) is 10.3 Å². The van der Waals surface area contributed by atoms with E-state index in [0.29, 0.717) is 30.0 Å². The summed E-state index contributed by atoms with van der Waals surface area (Å²) in [5.41, 5.74) is 0.522. The molecular formula is C19H25F3N2O2. The van der Waals surface area contributed by atoms with Gasteiger partial charge in [0.25, 0.3) is 0 Å². The molecule has 0 amide bonds. The molecule has 1 aromatic carbocycles. The van der Waals surface area contributed by atoms with Gasteiger partial charge < -0.3 is 14.8 Å². The number of hydrogen-bond donors (Lipinski definition) is 1. The van der Waals surface area contributed by atoms with Crippen LogP contribution in [0.1, 0.15) is 37.6 Å². The number of rotatable bonds is 6. The molecule has 0 bridgehead atoms. The molecule has 0 atom stereocenters. The molecule has 26 heavy (non-hydrogen) atoms. The molecule has 0 saturated carbocycles. The molecule has 0 unspecified atom stereocenters. The molecular weight excluding hydrogens is 345 g/mol. The fourth-order valence-electron chi connectivity index (χ4n) is 2.21. The summed E-state index contributed by atoms with van der Waals surface area (Å²) in [6.45, 7) is 6.12. The van der Waals surface area contributed by atoms with Crippen molar-refractivity contribution in [2.45, 2.75) is 39.9 Å². The molecule has 0 aliphatic rings. The Hall–Kier alpha value is -2.44. The lowest BCUT2D eigenvalue weighted by atomic mass is 10.1. The minimum atomic E-state index is -4.47. The van der Waals surface area contributed by atoms with Gasteiger partial charge in [0.2, 0.25) is 0 Å². The molecule has 0 spiro atoms. The number of nitrogens with zero attached hydrogens (tertiary/aromatic N) is 1. The van der Waals surface area contributed by atoms with Crippen molar-refractivity contribution in [3.63, 3.8) is 0 Å². The number of halogens is 3. The van der Waals surface area contributed by atoms with Gasteiger partial charge in [-0.05, 0) is 41.8 Å². The van der Waals surface area contributed by atoms with Gasteiger partial charge in [0.15, 0.2) is 11.5 Å². The molecule has 0 fully saturated rings. The highest BCUT2D eigenvalue weighted by molar-refractivity contribution is 5.45. The van der Waals surface area contributed by atoms with Crippen molar-refractivity contribution in [1.82, 2.24) is 4.98 Å². The maximum Gasteiger partial charge on any atom is 0.433 e. The van der Waals surface area contributed by atoms with E-state index in [0.717, 1.165) is 11.6 Å². The number of aromatic nitrogens is 1. The van der Waals surface area contributed by atoms with Crippen molar-refractivity contribution in [2.24, 2.45) is 0 Å². The van der Waals surface area contributed by atoms with E-state index in [9.17, 15) is 13.2 Å². The number of ether oxygens (including phenoxy) is 2. The third kappa shape index (κ3) is 5.82.